The number of urea groups is 1. The van der Waals surface area contributed by atoms with E-state index in [9.17, 15) is 4.79 Å². The molecule has 4 rings (SSSR count). The molecule has 0 unspecified atom stereocenters. The summed E-state index contributed by atoms with van der Waals surface area (Å²) >= 11 is 0. The number of rotatable bonds is 4. The van der Waals surface area contributed by atoms with Gasteiger partial charge < -0.3 is 5.32 Å². The van der Waals surface area contributed by atoms with Gasteiger partial charge in [-0.15, -0.1) is 0 Å². The van der Waals surface area contributed by atoms with Gasteiger partial charge in [0.1, 0.15) is 17.0 Å². The SMILES string of the molecule is O=C(NCC1CC1)Nc1ccc2ncc(C3=NC=CC3)nc2n1. The van der Waals surface area contributed by atoms with Gasteiger partial charge in [-0.05, 0) is 30.9 Å². The highest BCUT2D eigenvalue weighted by Crippen LogP contribution is 2.27. The van der Waals surface area contributed by atoms with Crippen LogP contribution in [0, 0.1) is 5.92 Å². The summed E-state index contributed by atoms with van der Waals surface area (Å²) in [4.78, 5) is 29.3. The fraction of sp³-hybridized carbons (Fsp3) is 0.312. The van der Waals surface area contributed by atoms with Crippen molar-refractivity contribution < 1.29 is 4.79 Å². The maximum atomic E-state index is 11.8. The molecule has 0 radical (unpaired) electrons. The Morgan fingerprint density at radius 3 is 2.96 bits per heavy atom. The van der Waals surface area contributed by atoms with Crippen LogP contribution in [0.5, 0.6) is 0 Å². The fourth-order valence-electron chi connectivity index (χ4n) is 2.36. The molecule has 0 spiro atoms. The third kappa shape index (κ3) is 3.18. The Morgan fingerprint density at radius 1 is 1.26 bits per heavy atom. The number of nitrogens with zero attached hydrogens (tertiary/aromatic N) is 4. The van der Waals surface area contributed by atoms with E-state index in [1.165, 1.54) is 12.8 Å². The highest BCUT2D eigenvalue weighted by molar-refractivity contribution is 6.02. The van der Waals surface area contributed by atoms with E-state index in [4.69, 9.17) is 0 Å². The van der Waals surface area contributed by atoms with Crippen molar-refractivity contribution in [1.82, 2.24) is 20.3 Å². The summed E-state index contributed by atoms with van der Waals surface area (Å²) in [7, 11) is 0. The smallest absolute Gasteiger partial charge is 0.320 e. The Labute approximate surface area is 133 Å². The molecule has 1 aliphatic carbocycles. The Morgan fingerprint density at radius 2 is 2.17 bits per heavy atom. The maximum Gasteiger partial charge on any atom is 0.320 e. The second-order valence-corrected chi connectivity index (χ2v) is 5.74. The molecule has 23 heavy (non-hydrogen) atoms. The minimum Gasteiger partial charge on any atom is -0.338 e. The lowest BCUT2D eigenvalue weighted by Gasteiger charge is -2.07. The zero-order valence-electron chi connectivity index (χ0n) is 12.5. The van der Waals surface area contributed by atoms with Crippen LogP contribution in [0.25, 0.3) is 11.2 Å². The molecule has 0 saturated heterocycles. The lowest BCUT2D eigenvalue weighted by atomic mass is 10.2. The second-order valence-electron chi connectivity index (χ2n) is 5.74. The molecule has 2 aliphatic rings. The monoisotopic (exact) mass is 308 g/mol. The molecule has 1 fully saturated rings. The van der Waals surface area contributed by atoms with Crippen molar-refractivity contribution in [3.05, 3.63) is 36.3 Å². The maximum absolute atomic E-state index is 11.8. The van der Waals surface area contributed by atoms with Crippen molar-refractivity contribution in [3.8, 4) is 0 Å². The van der Waals surface area contributed by atoms with Gasteiger partial charge in [0.05, 0.1) is 11.9 Å². The highest BCUT2D eigenvalue weighted by Gasteiger charge is 2.21. The molecule has 7 heteroatoms. The highest BCUT2D eigenvalue weighted by atomic mass is 16.2. The Hall–Kier alpha value is -2.83. The number of hydrogen-bond donors (Lipinski definition) is 2. The zero-order valence-corrected chi connectivity index (χ0v) is 12.5. The molecule has 7 nitrogen and oxygen atoms in total. The zero-order chi connectivity index (χ0) is 15.6. The van der Waals surface area contributed by atoms with Gasteiger partial charge in [-0.2, -0.15) is 0 Å². The van der Waals surface area contributed by atoms with Crippen molar-refractivity contribution in [2.75, 3.05) is 11.9 Å². The molecule has 2 amide bonds. The number of carbonyl (C=O) groups excluding carboxylic acids is 1. The molecule has 0 aromatic carbocycles. The van der Waals surface area contributed by atoms with E-state index in [2.05, 4.69) is 30.6 Å². The van der Waals surface area contributed by atoms with Crippen molar-refractivity contribution in [2.24, 2.45) is 10.9 Å². The molecule has 116 valence electrons. The first-order valence-corrected chi connectivity index (χ1v) is 7.68. The van der Waals surface area contributed by atoms with Crippen molar-refractivity contribution in [3.63, 3.8) is 0 Å². The fourth-order valence-corrected chi connectivity index (χ4v) is 2.36. The molecule has 1 aliphatic heterocycles. The van der Waals surface area contributed by atoms with Crippen LogP contribution in [0.3, 0.4) is 0 Å². The predicted molar refractivity (Wildman–Crippen MR) is 87.4 cm³/mol. The van der Waals surface area contributed by atoms with E-state index < -0.39 is 0 Å². The first-order chi connectivity index (χ1) is 11.3. The van der Waals surface area contributed by atoms with Gasteiger partial charge in [0.25, 0.3) is 0 Å². The van der Waals surface area contributed by atoms with Crippen LogP contribution in [-0.2, 0) is 0 Å². The summed E-state index contributed by atoms with van der Waals surface area (Å²) in [5, 5.41) is 5.58. The number of pyridine rings is 1. The van der Waals surface area contributed by atoms with Crippen LogP contribution in [0.2, 0.25) is 0 Å². The lowest BCUT2D eigenvalue weighted by Crippen LogP contribution is -2.30. The van der Waals surface area contributed by atoms with Crippen LogP contribution in [-0.4, -0.2) is 33.2 Å². The quantitative estimate of drug-likeness (QED) is 0.906. The molecule has 2 aromatic heterocycles. The standard InChI is InChI=1S/C16H16N6O/c23-16(19-8-10-3-4-10)22-14-6-5-12-15(21-14)20-13(9-18-12)11-2-1-7-17-11/h1,5-7,9-10H,2-4,8H2,(H2,19,20,21,22,23). The molecule has 0 atom stereocenters. The van der Waals surface area contributed by atoms with E-state index in [1.807, 2.05) is 6.08 Å². The third-order valence-electron chi connectivity index (χ3n) is 3.84. The molecule has 0 bridgehead atoms. The van der Waals surface area contributed by atoms with Crippen LogP contribution in [0.1, 0.15) is 25.0 Å². The number of aliphatic imine (C=N–C) groups is 1. The lowest BCUT2D eigenvalue weighted by molar-refractivity contribution is 0.251. The van der Waals surface area contributed by atoms with Gasteiger partial charge in [0.15, 0.2) is 5.65 Å². The van der Waals surface area contributed by atoms with Gasteiger partial charge in [0, 0.05) is 19.2 Å². The predicted octanol–water partition coefficient (Wildman–Crippen LogP) is 2.26. The first kappa shape index (κ1) is 13.8. The second kappa shape index (κ2) is 5.75. The average Bonchev–Trinajstić information content (AvgIpc) is 3.24. The third-order valence-corrected chi connectivity index (χ3v) is 3.84. The Bertz CT molecular complexity index is 824. The van der Waals surface area contributed by atoms with Gasteiger partial charge in [0.2, 0.25) is 0 Å². The van der Waals surface area contributed by atoms with Gasteiger partial charge >= 0.3 is 6.03 Å². The number of fused-ring (bicyclic) bond motifs is 1. The Balaban J connectivity index is 1.52. The average molecular weight is 308 g/mol. The summed E-state index contributed by atoms with van der Waals surface area (Å²) in [6.45, 7) is 0.718. The van der Waals surface area contributed by atoms with Crippen LogP contribution >= 0.6 is 0 Å². The molecular formula is C16H16N6O. The minimum absolute atomic E-state index is 0.239. The number of aromatic nitrogens is 3. The van der Waals surface area contributed by atoms with E-state index in [0.717, 1.165) is 18.7 Å². The molecule has 2 N–H and O–H groups in total. The normalized spacial score (nSPS) is 16.4. The summed E-state index contributed by atoms with van der Waals surface area (Å²) in [5.41, 5.74) is 2.77. The number of amides is 2. The van der Waals surface area contributed by atoms with Gasteiger partial charge in [-0.3, -0.25) is 15.3 Å². The number of allylic oxidation sites excluding steroid dienone is 1. The first-order valence-electron chi connectivity index (χ1n) is 7.68. The minimum atomic E-state index is -0.239. The van der Waals surface area contributed by atoms with E-state index >= 15 is 0 Å². The number of anilines is 1. The summed E-state index contributed by atoms with van der Waals surface area (Å²) in [6.07, 6.45) is 8.58. The Kier molecular flexibility index (Phi) is 3.45. The van der Waals surface area contributed by atoms with Crippen molar-refractivity contribution >= 4 is 28.7 Å². The van der Waals surface area contributed by atoms with E-state index in [1.54, 1.807) is 24.5 Å². The van der Waals surface area contributed by atoms with E-state index in [-0.39, 0.29) is 6.03 Å². The van der Waals surface area contributed by atoms with Crippen LogP contribution in [0.15, 0.2) is 35.6 Å². The summed E-state index contributed by atoms with van der Waals surface area (Å²) in [6, 6.07) is 3.28. The number of hydrogen-bond acceptors (Lipinski definition) is 5. The molecular weight excluding hydrogens is 292 g/mol. The van der Waals surface area contributed by atoms with Gasteiger partial charge in [-0.1, -0.05) is 6.08 Å². The molecule has 1 saturated carbocycles. The molecule has 2 aromatic rings. The van der Waals surface area contributed by atoms with Gasteiger partial charge in [-0.25, -0.2) is 14.8 Å². The van der Waals surface area contributed by atoms with Crippen LogP contribution < -0.4 is 10.6 Å². The number of nitrogens with one attached hydrogen (secondary N) is 2. The topological polar surface area (TPSA) is 92.2 Å². The van der Waals surface area contributed by atoms with Crippen molar-refractivity contribution in [2.45, 2.75) is 19.3 Å². The largest absolute Gasteiger partial charge is 0.338 e. The van der Waals surface area contributed by atoms with Crippen LogP contribution in [0.4, 0.5) is 10.6 Å². The summed E-state index contributed by atoms with van der Waals surface area (Å²) in [5.74, 6) is 1.10. The van der Waals surface area contributed by atoms with Crippen molar-refractivity contribution in [1.29, 1.82) is 0 Å². The molecule has 3 heterocycles. The van der Waals surface area contributed by atoms with E-state index in [0.29, 0.717) is 28.6 Å². The summed E-state index contributed by atoms with van der Waals surface area (Å²) < 4.78 is 0. The number of carbonyl (C=O) groups is 1.